The van der Waals surface area contributed by atoms with Crippen LogP contribution < -0.4 is 0 Å². The first-order valence-corrected chi connectivity index (χ1v) is 7.56. The number of nitrogens with zero attached hydrogens (tertiary/aromatic N) is 2. The van der Waals surface area contributed by atoms with Crippen molar-refractivity contribution in [3.8, 4) is 0 Å². The Morgan fingerprint density at radius 1 is 1.19 bits per heavy atom. The van der Waals surface area contributed by atoms with Gasteiger partial charge in [0.25, 0.3) is 0 Å². The van der Waals surface area contributed by atoms with Crippen LogP contribution >= 0.6 is 15.9 Å². The summed E-state index contributed by atoms with van der Waals surface area (Å²) in [6.45, 7) is 4.87. The number of carbonyl (C=O) groups excluding carboxylic acids is 1. The van der Waals surface area contributed by atoms with E-state index in [0.717, 1.165) is 21.7 Å². The van der Waals surface area contributed by atoms with Gasteiger partial charge in [0.05, 0.1) is 12.1 Å². The highest BCUT2D eigenvalue weighted by molar-refractivity contribution is 9.10. The van der Waals surface area contributed by atoms with Crippen molar-refractivity contribution in [2.75, 3.05) is 0 Å². The molecular formula is C17H15BrN2O. The number of benzene rings is 2. The lowest BCUT2D eigenvalue weighted by Gasteiger charge is -2.10. The zero-order valence-electron chi connectivity index (χ0n) is 11.9. The van der Waals surface area contributed by atoms with E-state index in [4.69, 9.17) is 0 Å². The van der Waals surface area contributed by atoms with Crippen molar-refractivity contribution in [3.05, 3.63) is 63.3 Å². The minimum absolute atomic E-state index is 0.490. The molecule has 0 fully saturated rings. The Hall–Kier alpha value is -1.94. The Labute approximate surface area is 131 Å². The molecule has 0 aliphatic rings. The van der Waals surface area contributed by atoms with Crippen LogP contribution in [0, 0.1) is 13.8 Å². The van der Waals surface area contributed by atoms with Crippen LogP contribution in [-0.2, 0) is 6.54 Å². The molecule has 0 unspecified atom stereocenters. The van der Waals surface area contributed by atoms with E-state index in [1.54, 1.807) is 0 Å². The van der Waals surface area contributed by atoms with Crippen molar-refractivity contribution >= 4 is 33.1 Å². The maximum Gasteiger partial charge on any atom is 0.170 e. The maximum absolute atomic E-state index is 11.2. The van der Waals surface area contributed by atoms with Gasteiger partial charge < -0.3 is 0 Å². The summed E-state index contributed by atoms with van der Waals surface area (Å²) in [6.07, 6.45) is 0.817. The van der Waals surface area contributed by atoms with E-state index in [2.05, 4.69) is 53.1 Å². The lowest BCUT2D eigenvalue weighted by molar-refractivity contribution is 0.111. The van der Waals surface area contributed by atoms with Gasteiger partial charge in [0, 0.05) is 9.86 Å². The molecule has 0 saturated heterocycles. The van der Waals surface area contributed by atoms with Crippen LogP contribution in [0.2, 0.25) is 0 Å². The molecule has 3 nitrogen and oxygen atoms in total. The number of aryl methyl sites for hydroxylation is 2. The molecule has 4 heteroatoms. The van der Waals surface area contributed by atoms with Gasteiger partial charge in [-0.15, -0.1) is 0 Å². The first-order valence-electron chi connectivity index (χ1n) is 6.76. The van der Waals surface area contributed by atoms with Crippen LogP contribution in [0.5, 0.6) is 0 Å². The number of aldehydes is 1. The van der Waals surface area contributed by atoms with Crippen molar-refractivity contribution in [2.45, 2.75) is 20.4 Å². The van der Waals surface area contributed by atoms with Crippen molar-refractivity contribution in [1.82, 2.24) is 9.78 Å². The predicted octanol–water partition coefficient (Wildman–Crippen LogP) is 4.28. The zero-order valence-corrected chi connectivity index (χ0v) is 13.5. The number of hydrogen-bond acceptors (Lipinski definition) is 2. The molecular weight excluding hydrogens is 328 g/mol. The van der Waals surface area contributed by atoms with Gasteiger partial charge >= 0.3 is 0 Å². The molecule has 0 bridgehead atoms. The molecule has 0 radical (unpaired) electrons. The highest BCUT2D eigenvalue weighted by atomic mass is 79.9. The first-order chi connectivity index (χ1) is 10.1. The molecule has 0 aliphatic carbocycles. The first kappa shape index (κ1) is 14.0. The van der Waals surface area contributed by atoms with Crippen LogP contribution in [0.15, 0.2) is 40.9 Å². The molecule has 2 aromatic carbocycles. The van der Waals surface area contributed by atoms with Crippen LogP contribution in [0.4, 0.5) is 0 Å². The van der Waals surface area contributed by atoms with Gasteiger partial charge in [0.2, 0.25) is 0 Å². The topological polar surface area (TPSA) is 34.9 Å². The molecule has 0 saturated carbocycles. The van der Waals surface area contributed by atoms with E-state index in [0.29, 0.717) is 12.2 Å². The summed E-state index contributed by atoms with van der Waals surface area (Å²) in [4.78, 5) is 11.2. The predicted molar refractivity (Wildman–Crippen MR) is 87.8 cm³/mol. The Balaban J connectivity index is 2.17. The highest BCUT2D eigenvalue weighted by Crippen LogP contribution is 2.24. The largest absolute Gasteiger partial charge is 0.296 e. The average Bonchev–Trinajstić information content (AvgIpc) is 2.80. The summed E-state index contributed by atoms with van der Waals surface area (Å²) in [5.74, 6) is 0. The Bertz CT molecular complexity index is 816. The number of halogens is 1. The van der Waals surface area contributed by atoms with Crippen LogP contribution in [0.25, 0.3) is 10.9 Å². The minimum atomic E-state index is 0.490. The lowest BCUT2D eigenvalue weighted by Crippen LogP contribution is -2.05. The van der Waals surface area contributed by atoms with Gasteiger partial charge in [-0.3, -0.25) is 9.48 Å². The van der Waals surface area contributed by atoms with E-state index < -0.39 is 0 Å². The molecule has 21 heavy (non-hydrogen) atoms. The molecule has 3 aromatic rings. The fraction of sp³-hybridized carbons (Fsp3) is 0.176. The number of aromatic nitrogens is 2. The molecule has 0 amide bonds. The van der Waals surface area contributed by atoms with Gasteiger partial charge in [0.15, 0.2) is 6.29 Å². The number of hydrogen-bond donors (Lipinski definition) is 0. The summed E-state index contributed by atoms with van der Waals surface area (Å²) in [6, 6.07) is 12.1. The third-order valence-electron chi connectivity index (χ3n) is 3.81. The van der Waals surface area contributed by atoms with E-state index >= 15 is 0 Å². The van der Waals surface area contributed by atoms with Crippen molar-refractivity contribution in [1.29, 1.82) is 0 Å². The molecule has 0 N–H and O–H groups in total. The van der Waals surface area contributed by atoms with Crippen LogP contribution in [0.1, 0.15) is 27.2 Å². The van der Waals surface area contributed by atoms with Crippen LogP contribution in [-0.4, -0.2) is 16.1 Å². The third-order valence-corrected chi connectivity index (χ3v) is 4.30. The standard InChI is InChI=1S/C17H15BrN2O/c1-11-4-3-5-12(2)15(11)9-20-17-8-13(18)6-7-14(17)16(10-21)19-20/h3-8,10H,9H2,1-2H3. The smallest absolute Gasteiger partial charge is 0.170 e. The average molecular weight is 343 g/mol. The summed E-state index contributed by atoms with van der Waals surface area (Å²) >= 11 is 3.48. The summed E-state index contributed by atoms with van der Waals surface area (Å²) in [5.41, 5.74) is 5.18. The number of fused-ring (bicyclic) bond motifs is 1. The highest BCUT2D eigenvalue weighted by Gasteiger charge is 2.12. The van der Waals surface area contributed by atoms with E-state index in [1.165, 1.54) is 16.7 Å². The van der Waals surface area contributed by atoms with Crippen molar-refractivity contribution in [3.63, 3.8) is 0 Å². The van der Waals surface area contributed by atoms with E-state index in [-0.39, 0.29) is 0 Å². The quantitative estimate of drug-likeness (QED) is 0.666. The third kappa shape index (κ3) is 2.51. The molecule has 106 valence electrons. The summed E-state index contributed by atoms with van der Waals surface area (Å²) in [5, 5.41) is 5.34. The molecule has 0 aliphatic heterocycles. The molecule has 0 spiro atoms. The second-order valence-electron chi connectivity index (χ2n) is 5.19. The van der Waals surface area contributed by atoms with Gasteiger partial charge in [-0.05, 0) is 48.7 Å². The van der Waals surface area contributed by atoms with Gasteiger partial charge in [0.1, 0.15) is 5.69 Å². The second-order valence-corrected chi connectivity index (χ2v) is 6.11. The molecule has 1 aromatic heterocycles. The summed E-state index contributed by atoms with van der Waals surface area (Å²) in [7, 11) is 0. The lowest BCUT2D eigenvalue weighted by atomic mass is 10.0. The summed E-state index contributed by atoms with van der Waals surface area (Å²) < 4.78 is 2.88. The van der Waals surface area contributed by atoms with E-state index in [1.807, 2.05) is 22.9 Å². The molecule has 0 atom stereocenters. The van der Waals surface area contributed by atoms with Gasteiger partial charge in [-0.1, -0.05) is 34.1 Å². The van der Waals surface area contributed by atoms with Gasteiger partial charge in [-0.25, -0.2) is 0 Å². The fourth-order valence-electron chi connectivity index (χ4n) is 2.63. The minimum Gasteiger partial charge on any atom is -0.296 e. The van der Waals surface area contributed by atoms with Crippen molar-refractivity contribution in [2.24, 2.45) is 0 Å². The van der Waals surface area contributed by atoms with E-state index in [9.17, 15) is 4.79 Å². The normalized spacial score (nSPS) is 11.0. The van der Waals surface area contributed by atoms with Crippen LogP contribution in [0.3, 0.4) is 0 Å². The molecule has 3 rings (SSSR count). The molecule has 1 heterocycles. The monoisotopic (exact) mass is 342 g/mol. The fourth-order valence-corrected chi connectivity index (χ4v) is 2.98. The zero-order chi connectivity index (χ0) is 15.0. The number of rotatable bonds is 3. The van der Waals surface area contributed by atoms with Gasteiger partial charge in [-0.2, -0.15) is 5.10 Å². The second kappa shape index (κ2) is 5.45. The maximum atomic E-state index is 11.2. The number of carbonyl (C=O) groups is 1. The Morgan fingerprint density at radius 3 is 2.57 bits per heavy atom. The van der Waals surface area contributed by atoms with Crippen molar-refractivity contribution < 1.29 is 4.79 Å². The Morgan fingerprint density at radius 2 is 1.90 bits per heavy atom. The SMILES string of the molecule is Cc1cccc(C)c1Cn1nc(C=O)c2ccc(Br)cc21. The Kier molecular flexibility index (Phi) is 3.64.